The summed E-state index contributed by atoms with van der Waals surface area (Å²) in [6, 6.07) is 0. The van der Waals surface area contributed by atoms with Crippen LogP contribution in [0.25, 0.3) is 0 Å². The monoisotopic (exact) mass is 210 g/mol. The van der Waals surface area contributed by atoms with Gasteiger partial charge in [0.2, 0.25) is 0 Å². The topological polar surface area (TPSA) is 63.0 Å². The summed E-state index contributed by atoms with van der Waals surface area (Å²) in [4.78, 5) is 0. The van der Waals surface area contributed by atoms with E-state index in [-0.39, 0.29) is 11.0 Å². The normalized spacial score (nSPS) is 1.00. The second kappa shape index (κ2) is 25.9. The Balaban J connectivity index is -0.00000000500. The standard InChI is InChI=1S/ClH.La.2H2O/h1H;;2*1H2/q;+1;;/p-1. The van der Waals surface area contributed by atoms with Gasteiger partial charge >= 0.3 is 39.1 Å². The van der Waals surface area contributed by atoms with Crippen molar-refractivity contribution in [1.29, 1.82) is 0 Å². The first-order chi connectivity index (χ1) is 1.00. The quantitative estimate of drug-likeness (QED) is 0.494. The predicted octanol–water partition coefficient (Wildman–Crippen LogP) is -0.960. The molecule has 0 rings (SSSR count). The van der Waals surface area contributed by atoms with Crippen LogP contribution >= 0.6 is 6.79 Å². The molecule has 0 fully saturated rings. The fourth-order valence-electron chi connectivity index (χ4n) is 0. The van der Waals surface area contributed by atoms with E-state index in [0.29, 0.717) is 32.3 Å². The molecule has 2 nitrogen and oxygen atoms in total. The van der Waals surface area contributed by atoms with Gasteiger partial charge in [-0.25, -0.2) is 0 Å². The van der Waals surface area contributed by atoms with Gasteiger partial charge < -0.3 is 11.0 Å². The van der Waals surface area contributed by atoms with Gasteiger partial charge in [0.1, 0.15) is 0 Å². The third-order valence-electron chi connectivity index (χ3n) is 0. The summed E-state index contributed by atoms with van der Waals surface area (Å²) in [5, 5.41) is 0. The molecule has 0 aromatic heterocycles. The van der Waals surface area contributed by atoms with Crippen molar-refractivity contribution in [2.45, 2.75) is 0 Å². The van der Waals surface area contributed by atoms with Crippen LogP contribution in [0.2, 0.25) is 0 Å². The van der Waals surface area contributed by atoms with Crippen molar-refractivity contribution in [2.75, 3.05) is 0 Å². The molecule has 0 bridgehead atoms. The van der Waals surface area contributed by atoms with Crippen molar-refractivity contribution in [3.63, 3.8) is 0 Å². The molecule has 0 atom stereocenters. The summed E-state index contributed by atoms with van der Waals surface area (Å²) in [7, 11) is 0. The first kappa shape index (κ1) is 18.1. The third kappa shape index (κ3) is 9.98. The van der Waals surface area contributed by atoms with Crippen LogP contribution in [0.1, 0.15) is 0 Å². The molecular weight excluding hydrogens is 206 g/mol. The van der Waals surface area contributed by atoms with Crippen molar-refractivity contribution >= 4 is 6.79 Å². The first-order valence-corrected chi connectivity index (χ1v) is 4.77. The molecule has 26 valence electrons. The van der Waals surface area contributed by atoms with E-state index in [9.17, 15) is 0 Å². The van der Waals surface area contributed by atoms with E-state index in [0.717, 1.165) is 0 Å². The molecular formula is H4ClLaO2. The summed E-state index contributed by atoms with van der Waals surface area (Å²) >= 11 is 0.639. The van der Waals surface area contributed by atoms with E-state index in [1.807, 2.05) is 0 Å². The molecule has 4 N–H and O–H groups in total. The summed E-state index contributed by atoms with van der Waals surface area (Å²) in [6.07, 6.45) is 0. The molecule has 0 heterocycles. The van der Waals surface area contributed by atoms with E-state index >= 15 is 0 Å². The molecule has 0 aromatic carbocycles. The van der Waals surface area contributed by atoms with Crippen LogP contribution in [0.15, 0.2) is 0 Å². The maximum atomic E-state index is 4.81. The Kier molecular flexibility index (Phi) is 117. The Hall–Kier alpha value is 1.40. The van der Waals surface area contributed by atoms with Gasteiger partial charge in [0.25, 0.3) is 0 Å². The molecule has 0 unspecified atom stereocenters. The van der Waals surface area contributed by atoms with E-state index in [2.05, 4.69) is 0 Å². The summed E-state index contributed by atoms with van der Waals surface area (Å²) < 4.78 is 0. The Labute approximate surface area is 49.7 Å². The van der Waals surface area contributed by atoms with Crippen molar-refractivity contribution in [3.8, 4) is 0 Å². The molecule has 0 spiro atoms. The molecule has 0 saturated heterocycles. The number of halogens is 1. The Morgan fingerprint density at radius 1 is 1.00 bits per heavy atom. The zero-order valence-electron chi connectivity index (χ0n) is 1.96. The van der Waals surface area contributed by atoms with Gasteiger partial charge in [-0.2, -0.15) is 0 Å². The van der Waals surface area contributed by atoms with Crippen molar-refractivity contribution in [1.82, 2.24) is 0 Å². The van der Waals surface area contributed by atoms with E-state index in [1.165, 1.54) is 0 Å². The summed E-state index contributed by atoms with van der Waals surface area (Å²) in [6.45, 7) is 4.81. The SMILES string of the molecule is O.O.[Cl][La]. The molecule has 0 aliphatic rings. The molecule has 0 amide bonds. The molecule has 0 aliphatic heterocycles. The summed E-state index contributed by atoms with van der Waals surface area (Å²) in [5.74, 6) is 0. The molecule has 0 radical (unpaired) electrons. The van der Waals surface area contributed by atoms with Gasteiger partial charge in [-0.05, 0) is 0 Å². The average Bonchev–Trinajstić information content (AvgIpc) is 1.00. The van der Waals surface area contributed by atoms with Crippen LogP contribution in [-0.4, -0.2) is 11.0 Å². The Bertz CT molecular complexity index is 6.00. The maximum absolute atomic E-state index is 4.81. The molecule has 0 aliphatic carbocycles. The fraction of sp³-hybridized carbons (Fsp3) is 0. The van der Waals surface area contributed by atoms with Crippen LogP contribution in [0.3, 0.4) is 0 Å². The van der Waals surface area contributed by atoms with Crippen molar-refractivity contribution < 1.29 is 43.2 Å². The van der Waals surface area contributed by atoms with Gasteiger partial charge in [0.05, 0.1) is 0 Å². The molecule has 4 heavy (non-hydrogen) atoms. The number of hydrogen-bond donors (Lipinski definition) is 0. The predicted molar refractivity (Wildman–Crippen MR) is 13.1 cm³/mol. The summed E-state index contributed by atoms with van der Waals surface area (Å²) in [5.41, 5.74) is 0. The van der Waals surface area contributed by atoms with Gasteiger partial charge in [-0.3, -0.25) is 0 Å². The van der Waals surface area contributed by atoms with Gasteiger partial charge in [0.15, 0.2) is 0 Å². The van der Waals surface area contributed by atoms with E-state index in [1.54, 1.807) is 0 Å². The minimum atomic E-state index is 0. The number of rotatable bonds is 0. The zero-order valence-corrected chi connectivity index (χ0v) is 6.34. The van der Waals surface area contributed by atoms with E-state index in [4.69, 9.17) is 6.79 Å². The van der Waals surface area contributed by atoms with Crippen molar-refractivity contribution in [2.24, 2.45) is 0 Å². The first-order valence-electron chi connectivity index (χ1n) is 0.218. The van der Waals surface area contributed by atoms with Gasteiger partial charge in [0, 0.05) is 0 Å². The van der Waals surface area contributed by atoms with Gasteiger partial charge in [-0.1, -0.05) is 0 Å². The third-order valence-corrected chi connectivity index (χ3v) is 0. The average molecular weight is 210 g/mol. The van der Waals surface area contributed by atoms with Crippen LogP contribution in [0.4, 0.5) is 0 Å². The fourth-order valence-corrected chi connectivity index (χ4v) is 0. The Morgan fingerprint density at radius 2 is 1.00 bits per heavy atom. The second-order valence-corrected chi connectivity index (χ2v) is 0. The second-order valence-electron chi connectivity index (χ2n) is 0. The number of hydrogen-bond acceptors (Lipinski definition) is 0. The minimum absolute atomic E-state index is 0. The van der Waals surface area contributed by atoms with E-state index < -0.39 is 0 Å². The van der Waals surface area contributed by atoms with Crippen molar-refractivity contribution in [3.05, 3.63) is 0 Å². The van der Waals surface area contributed by atoms with Gasteiger partial charge in [-0.15, -0.1) is 0 Å². The van der Waals surface area contributed by atoms with Crippen LogP contribution in [0.5, 0.6) is 0 Å². The van der Waals surface area contributed by atoms with Crippen LogP contribution in [-0.2, 0) is 0 Å². The molecule has 0 saturated carbocycles. The molecule has 0 aromatic rings. The zero-order chi connectivity index (χ0) is 2.00. The molecule has 4 heteroatoms. The van der Waals surface area contributed by atoms with Crippen LogP contribution < -0.4 is 0 Å². The Morgan fingerprint density at radius 3 is 1.00 bits per heavy atom. The van der Waals surface area contributed by atoms with Crippen LogP contribution in [0, 0.1) is 32.3 Å².